The molecule has 0 fully saturated rings. The van der Waals surface area contributed by atoms with Gasteiger partial charge in [-0.15, -0.1) is 0 Å². The maximum absolute atomic E-state index is 12.5. The highest BCUT2D eigenvalue weighted by molar-refractivity contribution is 5.98. The van der Waals surface area contributed by atoms with Gasteiger partial charge in [-0.25, -0.2) is 0 Å². The molecule has 0 amide bonds. The monoisotopic (exact) mass is 316 g/mol. The maximum Gasteiger partial charge on any atom is 0.298 e. The molecule has 0 aliphatic carbocycles. The minimum Gasteiger partial charge on any atom is -0.428 e. The van der Waals surface area contributed by atoms with Gasteiger partial charge < -0.3 is 4.74 Å². The zero-order chi connectivity index (χ0) is 16.8. The Labute approximate surface area is 140 Å². The smallest absolute Gasteiger partial charge is 0.298 e. The fourth-order valence-corrected chi connectivity index (χ4v) is 2.57. The highest BCUT2D eigenvalue weighted by Gasteiger charge is 2.11. The van der Waals surface area contributed by atoms with Crippen LogP contribution in [0.4, 0.5) is 0 Å². The highest BCUT2D eigenvalue weighted by Crippen LogP contribution is 2.22. The van der Waals surface area contributed by atoms with Crippen LogP contribution in [0.15, 0.2) is 78.9 Å². The largest absolute Gasteiger partial charge is 0.428 e. The Balaban J connectivity index is 1.78. The minimum absolute atomic E-state index is 0.0171. The number of carbonyl (C=O) groups excluding carboxylic acids is 2. The summed E-state index contributed by atoms with van der Waals surface area (Å²) in [6, 6.07) is 24.6. The molecule has 24 heavy (non-hydrogen) atoms. The van der Waals surface area contributed by atoms with Gasteiger partial charge in [0.25, 0.3) is 6.47 Å². The van der Waals surface area contributed by atoms with Crippen LogP contribution in [0.3, 0.4) is 0 Å². The molecule has 0 aromatic heterocycles. The standard InChI is InChI=1S/C21H16O3/c22-15-24-21-9-5-4-8-19(21)14-20(23)18-12-10-17(11-13-18)16-6-2-1-3-7-16/h1-13,15H,14H2. The Morgan fingerprint density at radius 3 is 2.12 bits per heavy atom. The van der Waals surface area contributed by atoms with Gasteiger partial charge >= 0.3 is 0 Å². The van der Waals surface area contributed by atoms with E-state index in [1.807, 2.05) is 60.7 Å². The van der Waals surface area contributed by atoms with E-state index in [0.717, 1.165) is 11.1 Å². The fourth-order valence-electron chi connectivity index (χ4n) is 2.57. The third-order valence-electron chi connectivity index (χ3n) is 3.81. The molecule has 0 heterocycles. The van der Waals surface area contributed by atoms with Crippen LogP contribution < -0.4 is 4.74 Å². The van der Waals surface area contributed by atoms with Crippen molar-refractivity contribution < 1.29 is 14.3 Å². The molecule has 3 rings (SSSR count). The van der Waals surface area contributed by atoms with Gasteiger partial charge in [-0.05, 0) is 17.2 Å². The summed E-state index contributed by atoms with van der Waals surface area (Å²) in [5.74, 6) is 0.401. The van der Waals surface area contributed by atoms with Crippen molar-refractivity contribution in [3.05, 3.63) is 90.0 Å². The van der Waals surface area contributed by atoms with Crippen molar-refractivity contribution in [1.29, 1.82) is 0 Å². The van der Waals surface area contributed by atoms with Crippen molar-refractivity contribution in [1.82, 2.24) is 0 Å². The first-order valence-corrected chi connectivity index (χ1v) is 7.65. The SMILES string of the molecule is O=COc1ccccc1CC(=O)c1ccc(-c2ccccc2)cc1. The first kappa shape index (κ1) is 15.7. The quantitative estimate of drug-likeness (QED) is 0.502. The molecule has 0 radical (unpaired) electrons. The summed E-state index contributed by atoms with van der Waals surface area (Å²) in [6.07, 6.45) is 0.189. The van der Waals surface area contributed by atoms with Gasteiger partial charge in [-0.3, -0.25) is 9.59 Å². The zero-order valence-electron chi connectivity index (χ0n) is 13.0. The lowest BCUT2D eigenvalue weighted by Gasteiger charge is -2.07. The predicted molar refractivity (Wildman–Crippen MR) is 93.0 cm³/mol. The number of para-hydroxylation sites is 1. The number of rotatable bonds is 6. The van der Waals surface area contributed by atoms with E-state index in [1.54, 1.807) is 18.2 Å². The van der Waals surface area contributed by atoms with Gasteiger partial charge in [-0.1, -0.05) is 72.8 Å². The average molecular weight is 316 g/mol. The van der Waals surface area contributed by atoms with Gasteiger partial charge in [0.2, 0.25) is 0 Å². The number of hydrogen-bond donors (Lipinski definition) is 0. The molecular weight excluding hydrogens is 300 g/mol. The fraction of sp³-hybridized carbons (Fsp3) is 0.0476. The molecule has 0 aliphatic heterocycles. The zero-order valence-corrected chi connectivity index (χ0v) is 13.0. The van der Waals surface area contributed by atoms with E-state index >= 15 is 0 Å². The van der Waals surface area contributed by atoms with Crippen LogP contribution in [-0.2, 0) is 11.2 Å². The Morgan fingerprint density at radius 1 is 0.792 bits per heavy atom. The molecule has 0 saturated heterocycles. The predicted octanol–water partition coefficient (Wildman–Crippen LogP) is 4.31. The van der Waals surface area contributed by atoms with Gasteiger partial charge in [0.15, 0.2) is 5.78 Å². The van der Waals surface area contributed by atoms with E-state index in [1.165, 1.54) is 0 Å². The second kappa shape index (κ2) is 7.38. The molecule has 0 atom stereocenters. The van der Waals surface area contributed by atoms with Crippen LogP contribution in [0.2, 0.25) is 0 Å². The van der Waals surface area contributed by atoms with Crippen LogP contribution in [0.5, 0.6) is 5.75 Å². The van der Waals surface area contributed by atoms with E-state index in [4.69, 9.17) is 4.74 Å². The van der Waals surface area contributed by atoms with E-state index in [2.05, 4.69) is 0 Å². The molecule has 118 valence electrons. The number of Topliss-reactive ketones (excluding diaryl/α,β-unsaturated/α-hetero) is 1. The van der Waals surface area contributed by atoms with Gasteiger partial charge in [0, 0.05) is 17.5 Å². The molecule has 0 aliphatic rings. The lowest BCUT2D eigenvalue weighted by atomic mass is 9.99. The summed E-state index contributed by atoms with van der Waals surface area (Å²) < 4.78 is 4.92. The topological polar surface area (TPSA) is 43.4 Å². The van der Waals surface area contributed by atoms with Crippen LogP contribution in [0, 0.1) is 0 Å². The third kappa shape index (κ3) is 3.58. The Kier molecular flexibility index (Phi) is 4.82. The molecule has 3 aromatic rings. The van der Waals surface area contributed by atoms with Crippen LogP contribution >= 0.6 is 0 Å². The first-order chi connectivity index (χ1) is 11.8. The minimum atomic E-state index is -0.0171. The van der Waals surface area contributed by atoms with E-state index in [0.29, 0.717) is 23.3 Å². The van der Waals surface area contributed by atoms with Gasteiger partial charge in [-0.2, -0.15) is 0 Å². The summed E-state index contributed by atoms with van der Waals surface area (Å²) in [5, 5.41) is 0. The van der Waals surface area contributed by atoms with Crippen molar-refractivity contribution in [2.75, 3.05) is 0 Å². The molecule has 0 saturated carbocycles. The van der Waals surface area contributed by atoms with Crippen LogP contribution in [0.1, 0.15) is 15.9 Å². The van der Waals surface area contributed by atoms with E-state index in [-0.39, 0.29) is 12.2 Å². The number of ketones is 1. The lowest BCUT2D eigenvalue weighted by Crippen LogP contribution is -2.05. The number of ether oxygens (including phenoxy) is 1. The van der Waals surface area contributed by atoms with Crippen molar-refractivity contribution in [2.24, 2.45) is 0 Å². The molecule has 0 unspecified atom stereocenters. The van der Waals surface area contributed by atoms with Gasteiger partial charge in [0.05, 0.1) is 0 Å². The molecule has 3 nitrogen and oxygen atoms in total. The summed E-state index contributed by atoms with van der Waals surface area (Å²) in [6.45, 7) is 0.373. The van der Waals surface area contributed by atoms with Crippen molar-refractivity contribution in [3.63, 3.8) is 0 Å². The summed E-state index contributed by atoms with van der Waals surface area (Å²) in [7, 11) is 0. The lowest BCUT2D eigenvalue weighted by molar-refractivity contribution is -0.120. The van der Waals surface area contributed by atoms with E-state index in [9.17, 15) is 9.59 Å². The Morgan fingerprint density at radius 2 is 1.42 bits per heavy atom. The van der Waals surface area contributed by atoms with Crippen molar-refractivity contribution in [2.45, 2.75) is 6.42 Å². The highest BCUT2D eigenvalue weighted by atomic mass is 16.5. The number of carbonyl (C=O) groups is 2. The van der Waals surface area contributed by atoms with Crippen molar-refractivity contribution >= 4 is 12.3 Å². The first-order valence-electron chi connectivity index (χ1n) is 7.65. The normalized spacial score (nSPS) is 10.2. The van der Waals surface area contributed by atoms with E-state index < -0.39 is 0 Å². The molecule has 0 N–H and O–H groups in total. The molecule has 3 aromatic carbocycles. The van der Waals surface area contributed by atoms with Crippen LogP contribution in [-0.4, -0.2) is 12.3 Å². The summed E-state index contributed by atoms with van der Waals surface area (Å²) in [4.78, 5) is 23.0. The van der Waals surface area contributed by atoms with Crippen LogP contribution in [0.25, 0.3) is 11.1 Å². The van der Waals surface area contributed by atoms with Crippen molar-refractivity contribution in [3.8, 4) is 16.9 Å². The average Bonchev–Trinajstić information content (AvgIpc) is 2.64. The molecule has 0 spiro atoms. The second-order valence-electron chi connectivity index (χ2n) is 5.37. The molecule has 3 heteroatoms. The molecule has 0 bridgehead atoms. The summed E-state index contributed by atoms with van der Waals surface area (Å²) in [5.41, 5.74) is 3.51. The Hall–Kier alpha value is -3.20. The third-order valence-corrected chi connectivity index (χ3v) is 3.81. The maximum atomic E-state index is 12.5. The summed E-state index contributed by atoms with van der Waals surface area (Å²) >= 11 is 0. The number of hydrogen-bond acceptors (Lipinski definition) is 3. The second-order valence-corrected chi connectivity index (χ2v) is 5.37. The number of benzene rings is 3. The van der Waals surface area contributed by atoms with Gasteiger partial charge in [0.1, 0.15) is 5.75 Å². The Bertz CT molecular complexity index is 836. The molecular formula is C21H16O3.